The van der Waals surface area contributed by atoms with Crippen molar-refractivity contribution in [3.8, 4) is 11.5 Å². The smallest absolute Gasteiger partial charge is 0.309 e. The van der Waals surface area contributed by atoms with Crippen molar-refractivity contribution in [3.63, 3.8) is 0 Å². The topological polar surface area (TPSA) is 77.7 Å². The number of pyridine rings is 1. The third-order valence-corrected chi connectivity index (χ3v) is 4.96. The lowest BCUT2D eigenvalue weighted by atomic mass is 10.1. The lowest BCUT2D eigenvalue weighted by molar-refractivity contribution is -0.385. The highest BCUT2D eigenvalue weighted by atomic mass is 35.5. The Hall–Kier alpha value is -3.32. The van der Waals surface area contributed by atoms with Crippen LogP contribution in [-0.2, 0) is 13.1 Å². The summed E-state index contributed by atoms with van der Waals surface area (Å²) in [5, 5.41) is 11.1. The van der Waals surface area contributed by atoms with E-state index in [2.05, 4.69) is 4.98 Å². The largest absolute Gasteiger partial charge is 0.497 e. The molecule has 0 saturated heterocycles. The fourth-order valence-corrected chi connectivity index (χ4v) is 3.42. The predicted octanol–water partition coefficient (Wildman–Crippen LogP) is 5.18. The van der Waals surface area contributed by atoms with Crippen molar-refractivity contribution in [2.75, 3.05) is 19.1 Å². The summed E-state index contributed by atoms with van der Waals surface area (Å²) in [6.45, 7) is 2.74. The van der Waals surface area contributed by atoms with Gasteiger partial charge in [-0.15, -0.1) is 0 Å². The van der Waals surface area contributed by atoms with Crippen LogP contribution in [-0.4, -0.2) is 24.1 Å². The van der Waals surface area contributed by atoms with Crippen molar-refractivity contribution in [1.82, 2.24) is 4.98 Å². The molecule has 8 heteroatoms. The molecule has 0 spiro atoms. The zero-order chi connectivity index (χ0) is 21.7. The number of halogens is 1. The molecule has 30 heavy (non-hydrogen) atoms. The Balaban J connectivity index is 1.96. The van der Waals surface area contributed by atoms with Crippen molar-refractivity contribution < 1.29 is 14.4 Å². The second-order valence-electron chi connectivity index (χ2n) is 6.75. The number of methoxy groups -OCH3 is 2. The van der Waals surface area contributed by atoms with E-state index in [0.717, 1.165) is 22.6 Å². The molecular formula is C22H22ClN3O4. The van der Waals surface area contributed by atoms with Gasteiger partial charge in [0.1, 0.15) is 17.3 Å². The Labute approximate surface area is 180 Å². The monoisotopic (exact) mass is 427 g/mol. The van der Waals surface area contributed by atoms with Crippen molar-refractivity contribution in [3.05, 3.63) is 86.6 Å². The first-order valence-corrected chi connectivity index (χ1v) is 9.61. The van der Waals surface area contributed by atoms with Gasteiger partial charge in [0.25, 0.3) is 0 Å². The summed E-state index contributed by atoms with van der Waals surface area (Å²) in [7, 11) is 3.24. The Bertz CT molecular complexity index is 951. The van der Waals surface area contributed by atoms with E-state index in [4.69, 9.17) is 21.1 Å². The highest BCUT2D eigenvalue weighted by Crippen LogP contribution is 2.31. The molecule has 0 atom stereocenters. The fourth-order valence-electron chi connectivity index (χ4n) is 3.11. The van der Waals surface area contributed by atoms with Gasteiger partial charge in [0, 0.05) is 18.7 Å². The van der Waals surface area contributed by atoms with E-state index >= 15 is 0 Å². The van der Waals surface area contributed by atoms with Crippen molar-refractivity contribution >= 4 is 23.1 Å². The molecule has 3 rings (SSSR count). The van der Waals surface area contributed by atoms with Crippen LogP contribution in [0.5, 0.6) is 11.5 Å². The minimum absolute atomic E-state index is 0.121. The molecule has 0 fully saturated rings. The van der Waals surface area contributed by atoms with Crippen LogP contribution in [0.1, 0.15) is 16.7 Å². The van der Waals surface area contributed by atoms with E-state index in [1.807, 2.05) is 53.4 Å². The molecule has 156 valence electrons. The molecule has 0 aliphatic carbocycles. The van der Waals surface area contributed by atoms with Gasteiger partial charge in [-0.1, -0.05) is 35.9 Å². The van der Waals surface area contributed by atoms with E-state index in [0.29, 0.717) is 24.5 Å². The number of anilines is 1. The first kappa shape index (κ1) is 21.4. The molecule has 1 heterocycles. The summed E-state index contributed by atoms with van der Waals surface area (Å²) in [5.41, 5.74) is 2.37. The Kier molecular flexibility index (Phi) is 6.74. The number of benzene rings is 2. The second-order valence-corrected chi connectivity index (χ2v) is 7.10. The quantitative estimate of drug-likeness (QED) is 0.280. The number of ether oxygens (including phenoxy) is 2. The molecule has 7 nitrogen and oxygen atoms in total. The number of hydrogen-bond donors (Lipinski definition) is 0. The zero-order valence-electron chi connectivity index (χ0n) is 17.0. The lowest BCUT2D eigenvalue weighted by Gasteiger charge is -2.25. The van der Waals surface area contributed by atoms with Gasteiger partial charge >= 0.3 is 5.69 Å². The first-order chi connectivity index (χ1) is 14.4. The summed E-state index contributed by atoms with van der Waals surface area (Å²) in [6.07, 6.45) is 0. The van der Waals surface area contributed by atoms with Crippen LogP contribution >= 0.6 is 11.6 Å². The lowest BCUT2D eigenvalue weighted by Crippen LogP contribution is -2.23. The van der Waals surface area contributed by atoms with Crippen molar-refractivity contribution in [2.45, 2.75) is 20.0 Å². The molecule has 1 aromatic heterocycles. The van der Waals surface area contributed by atoms with Gasteiger partial charge in [0.15, 0.2) is 0 Å². The van der Waals surface area contributed by atoms with Gasteiger partial charge < -0.3 is 14.4 Å². The number of hydrogen-bond acceptors (Lipinski definition) is 6. The molecule has 0 bridgehead atoms. The van der Waals surface area contributed by atoms with Gasteiger partial charge in [-0.25, -0.2) is 4.98 Å². The Morgan fingerprint density at radius 3 is 1.80 bits per heavy atom. The molecule has 0 radical (unpaired) electrons. The maximum atomic E-state index is 11.3. The van der Waals surface area contributed by atoms with E-state index in [-0.39, 0.29) is 10.8 Å². The molecular weight excluding hydrogens is 406 g/mol. The average molecular weight is 428 g/mol. The van der Waals surface area contributed by atoms with E-state index in [9.17, 15) is 10.1 Å². The van der Waals surface area contributed by atoms with Crippen LogP contribution in [0, 0.1) is 17.0 Å². The minimum Gasteiger partial charge on any atom is -0.497 e. The van der Waals surface area contributed by atoms with Gasteiger partial charge in [-0.3, -0.25) is 10.1 Å². The third-order valence-electron chi connectivity index (χ3n) is 4.70. The second kappa shape index (κ2) is 9.45. The number of rotatable bonds is 8. The van der Waals surface area contributed by atoms with Crippen LogP contribution in [0.2, 0.25) is 5.15 Å². The Morgan fingerprint density at radius 1 is 0.967 bits per heavy atom. The normalized spacial score (nSPS) is 10.5. The van der Waals surface area contributed by atoms with Crippen molar-refractivity contribution in [2.24, 2.45) is 0 Å². The summed E-state index contributed by atoms with van der Waals surface area (Å²) >= 11 is 6.15. The number of nitrogens with zero attached hydrogens (tertiary/aromatic N) is 3. The predicted molar refractivity (Wildman–Crippen MR) is 117 cm³/mol. The molecule has 0 N–H and O–H groups in total. The van der Waals surface area contributed by atoms with Gasteiger partial charge in [0.2, 0.25) is 5.15 Å². The molecule has 0 aliphatic rings. The third kappa shape index (κ3) is 4.99. The summed E-state index contributed by atoms with van der Waals surface area (Å²) in [5.74, 6) is 2.11. The molecule has 2 aromatic carbocycles. The van der Waals surface area contributed by atoms with Gasteiger partial charge in [0.05, 0.1) is 19.1 Å². The molecule has 0 unspecified atom stereocenters. The SMILES string of the molecule is COc1ccc(CN(Cc2ccc(OC)cc2)c2cc(C)c([N+](=O)[O-])c(Cl)n2)cc1. The van der Waals surface area contributed by atoms with Crippen LogP contribution in [0.25, 0.3) is 0 Å². The maximum absolute atomic E-state index is 11.3. The van der Waals surface area contributed by atoms with E-state index in [1.165, 1.54) is 0 Å². The summed E-state index contributed by atoms with van der Waals surface area (Å²) < 4.78 is 10.4. The zero-order valence-corrected chi connectivity index (χ0v) is 17.7. The summed E-state index contributed by atoms with van der Waals surface area (Å²) in [4.78, 5) is 17.1. The highest BCUT2D eigenvalue weighted by Gasteiger charge is 2.21. The molecule has 0 saturated carbocycles. The molecule has 3 aromatic rings. The van der Waals surface area contributed by atoms with Crippen LogP contribution < -0.4 is 14.4 Å². The van der Waals surface area contributed by atoms with Crippen LogP contribution in [0.4, 0.5) is 11.5 Å². The van der Waals surface area contributed by atoms with E-state index < -0.39 is 4.92 Å². The van der Waals surface area contributed by atoms with E-state index in [1.54, 1.807) is 27.2 Å². The number of aromatic nitrogens is 1. The highest BCUT2D eigenvalue weighted by molar-refractivity contribution is 6.31. The van der Waals surface area contributed by atoms with Crippen LogP contribution in [0.15, 0.2) is 54.6 Å². The first-order valence-electron chi connectivity index (χ1n) is 9.23. The number of nitro groups is 1. The fraction of sp³-hybridized carbons (Fsp3) is 0.227. The summed E-state index contributed by atoms with van der Waals surface area (Å²) in [6, 6.07) is 17.1. The average Bonchev–Trinajstić information content (AvgIpc) is 2.73. The molecule has 0 aliphatic heterocycles. The molecule has 0 amide bonds. The van der Waals surface area contributed by atoms with Crippen molar-refractivity contribution in [1.29, 1.82) is 0 Å². The standard InChI is InChI=1S/C22H22ClN3O4/c1-15-12-20(24-22(23)21(15)26(27)28)25(13-16-4-8-18(29-2)9-5-16)14-17-6-10-19(30-3)11-7-17/h4-12H,13-14H2,1-3H3. The number of aryl methyl sites for hydroxylation is 1. The van der Waals surface area contributed by atoms with Gasteiger partial charge in [-0.05, 0) is 48.4 Å². The van der Waals surface area contributed by atoms with Crippen LogP contribution in [0.3, 0.4) is 0 Å². The minimum atomic E-state index is -0.508. The van der Waals surface area contributed by atoms with Gasteiger partial charge in [-0.2, -0.15) is 0 Å². The Morgan fingerprint density at radius 2 is 1.43 bits per heavy atom. The maximum Gasteiger partial charge on any atom is 0.309 e.